The van der Waals surface area contributed by atoms with Gasteiger partial charge in [-0.05, 0) is 23.8 Å². The minimum Gasteiger partial charge on any atom is -0.494 e. The molecule has 1 aliphatic heterocycles. The highest BCUT2D eigenvalue weighted by Crippen LogP contribution is 2.34. The Labute approximate surface area is 93.0 Å². The first-order valence-electron chi connectivity index (χ1n) is 4.92. The number of halogens is 1. The molecular formula is C11H14FNOS. The van der Waals surface area contributed by atoms with Crippen LogP contribution in [0.15, 0.2) is 12.1 Å². The fraction of sp³-hybridized carbons (Fsp3) is 0.455. The lowest BCUT2D eigenvalue weighted by Crippen LogP contribution is -2.12. The molecule has 1 unspecified atom stereocenters. The molecule has 2 rings (SSSR count). The zero-order valence-corrected chi connectivity index (χ0v) is 9.44. The molecule has 1 aromatic rings. The lowest BCUT2D eigenvalue weighted by molar-refractivity contribution is 0.384. The number of benzene rings is 1. The molecule has 0 spiro atoms. The highest BCUT2D eigenvalue weighted by Gasteiger charge is 2.20. The molecule has 0 aromatic heterocycles. The highest BCUT2D eigenvalue weighted by molar-refractivity contribution is 7.98. The average Bonchev–Trinajstić information content (AvgIpc) is 2.42. The Hall–Kier alpha value is -0.740. The standard InChI is InChI=1S/C11H14FNOS/c1-14-10-3-2-7-8(11(10)12)6-15-5-4-9(7)13/h2-3,9H,4-6,13H2,1H3. The summed E-state index contributed by atoms with van der Waals surface area (Å²) in [7, 11) is 1.48. The van der Waals surface area contributed by atoms with E-state index in [1.54, 1.807) is 17.8 Å². The molecule has 4 heteroatoms. The van der Waals surface area contributed by atoms with E-state index in [-0.39, 0.29) is 11.9 Å². The van der Waals surface area contributed by atoms with Crippen LogP contribution in [0.2, 0.25) is 0 Å². The zero-order valence-electron chi connectivity index (χ0n) is 8.63. The SMILES string of the molecule is COc1ccc2c(c1F)CSCCC2N. The van der Waals surface area contributed by atoms with Crippen molar-refractivity contribution in [3.63, 3.8) is 0 Å². The van der Waals surface area contributed by atoms with E-state index in [9.17, 15) is 4.39 Å². The van der Waals surface area contributed by atoms with Gasteiger partial charge in [0.25, 0.3) is 0 Å². The molecule has 1 aromatic carbocycles. The maximum Gasteiger partial charge on any atom is 0.169 e. The van der Waals surface area contributed by atoms with Gasteiger partial charge in [-0.25, -0.2) is 4.39 Å². The van der Waals surface area contributed by atoms with Crippen LogP contribution in [0.1, 0.15) is 23.6 Å². The third-order valence-corrected chi connectivity index (χ3v) is 3.70. The fourth-order valence-corrected chi connectivity index (χ4v) is 2.87. The third-order valence-electron chi connectivity index (χ3n) is 2.68. The van der Waals surface area contributed by atoms with Crippen molar-refractivity contribution in [3.8, 4) is 5.75 Å². The van der Waals surface area contributed by atoms with Crippen molar-refractivity contribution < 1.29 is 9.13 Å². The van der Waals surface area contributed by atoms with Crippen LogP contribution in [0.4, 0.5) is 4.39 Å². The van der Waals surface area contributed by atoms with E-state index in [4.69, 9.17) is 10.5 Å². The molecule has 1 heterocycles. The van der Waals surface area contributed by atoms with E-state index in [0.717, 1.165) is 17.7 Å². The molecule has 0 bridgehead atoms. The summed E-state index contributed by atoms with van der Waals surface area (Å²) >= 11 is 1.72. The van der Waals surface area contributed by atoms with Gasteiger partial charge in [-0.15, -0.1) is 0 Å². The van der Waals surface area contributed by atoms with Crippen LogP contribution in [-0.4, -0.2) is 12.9 Å². The highest BCUT2D eigenvalue weighted by atomic mass is 32.2. The summed E-state index contributed by atoms with van der Waals surface area (Å²) in [6, 6.07) is 3.49. The topological polar surface area (TPSA) is 35.2 Å². The van der Waals surface area contributed by atoms with Gasteiger partial charge < -0.3 is 10.5 Å². The second-order valence-electron chi connectivity index (χ2n) is 3.60. The van der Waals surface area contributed by atoms with Gasteiger partial charge in [-0.1, -0.05) is 6.07 Å². The van der Waals surface area contributed by atoms with E-state index >= 15 is 0 Å². The Morgan fingerprint density at radius 3 is 3.07 bits per heavy atom. The van der Waals surface area contributed by atoms with Crippen LogP contribution in [-0.2, 0) is 5.75 Å². The lowest BCUT2D eigenvalue weighted by Gasteiger charge is -2.14. The summed E-state index contributed by atoms with van der Waals surface area (Å²) < 4.78 is 18.9. The molecule has 15 heavy (non-hydrogen) atoms. The van der Waals surface area contributed by atoms with Gasteiger partial charge in [-0.3, -0.25) is 0 Å². The Morgan fingerprint density at radius 2 is 2.33 bits per heavy atom. The number of thioether (sulfide) groups is 1. The summed E-state index contributed by atoms with van der Waals surface area (Å²) in [5.41, 5.74) is 7.63. The van der Waals surface area contributed by atoms with Crippen LogP contribution in [0.5, 0.6) is 5.75 Å². The minimum absolute atomic E-state index is 0.0459. The first-order valence-corrected chi connectivity index (χ1v) is 6.08. The van der Waals surface area contributed by atoms with E-state index in [1.807, 2.05) is 6.07 Å². The summed E-state index contributed by atoms with van der Waals surface area (Å²) in [6.07, 6.45) is 0.906. The second-order valence-corrected chi connectivity index (χ2v) is 4.70. The number of hydrogen-bond acceptors (Lipinski definition) is 3. The maximum absolute atomic E-state index is 13.9. The van der Waals surface area contributed by atoms with Gasteiger partial charge in [0.1, 0.15) is 0 Å². The Bertz CT molecular complexity index is 370. The van der Waals surface area contributed by atoms with Crippen molar-refractivity contribution in [3.05, 3.63) is 29.1 Å². The summed E-state index contributed by atoms with van der Waals surface area (Å²) in [6.45, 7) is 0. The number of hydrogen-bond donors (Lipinski definition) is 1. The van der Waals surface area contributed by atoms with Gasteiger partial charge in [0.05, 0.1) is 7.11 Å². The van der Waals surface area contributed by atoms with Crippen molar-refractivity contribution in [2.24, 2.45) is 5.73 Å². The van der Waals surface area contributed by atoms with Crippen molar-refractivity contribution in [1.82, 2.24) is 0 Å². The van der Waals surface area contributed by atoms with Crippen LogP contribution in [0.3, 0.4) is 0 Å². The summed E-state index contributed by atoms with van der Waals surface area (Å²) in [5.74, 6) is 1.73. The third kappa shape index (κ3) is 1.96. The molecule has 0 aliphatic carbocycles. The van der Waals surface area contributed by atoms with Gasteiger partial charge in [0, 0.05) is 17.4 Å². The van der Waals surface area contributed by atoms with Gasteiger partial charge in [0.15, 0.2) is 11.6 Å². The number of fused-ring (bicyclic) bond motifs is 1. The molecule has 2 nitrogen and oxygen atoms in total. The molecule has 0 amide bonds. The van der Waals surface area contributed by atoms with Crippen LogP contribution >= 0.6 is 11.8 Å². The largest absolute Gasteiger partial charge is 0.494 e. The zero-order chi connectivity index (χ0) is 10.8. The maximum atomic E-state index is 13.9. The monoisotopic (exact) mass is 227 g/mol. The molecule has 0 fully saturated rings. The Morgan fingerprint density at radius 1 is 1.53 bits per heavy atom. The fourth-order valence-electron chi connectivity index (χ4n) is 1.81. The predicted molar refractivity (Wildman–Crippen MR) is 60.7 cm³/mol. The van der Waals surface area contributed by atoms with Crippen molar-refractivity contribution in [2.75, 3.05) is 12.9 Å². The Balaban J connectivity index is 2.50. The molecule has 2 N–H and O–H groups in total. The molecular weight excluding hydrogens is 213 g/mol. The normalized spacial score (nSPS) is 20.6. The first kappa shape index (κ1) is 10.8. The van der Waals surface area contributed by atoms with Crippen molar-refractivity contribution >= 4 is 11.8 Å². The smallest absolute Gasteiger partial charge is 0.169 e. The molecule has 0 saturated heterocycles. The number of methoxy groups -OCH3 is 1. The van der Waals surface area contributed by atoms with Crippen LogP contribution in [0, 0.1) is 5.82 Å². The quantitative estimate of drug-likeness (QED) is 0.800. The number of ether oxygens (including phenoxy) is 1. The van der Waals surface area contributed by atoms with Crippen molar-refractivity contribution in [1.29, 1.82) is 0 Å². The lowest BCUT2D eigenvalue weighted by atomic mass is 9.99. The number of rotatable bonds is 1. The van der Waals surface area contributed by atoms with E-state index < -0.39 is 0 Å². The molecule has 1 aliphatic rings. The van der Waals surface area contributed by atoms with Crippen LogP contribution < -0.4 is 10.5 Å². The van der Waals surface area contributed by atoms with Crippen LogP contribution in [0.25, 0.3) is 0 Å². The average molecular weight is 227 g/mol. The first-order chi connectivity index (χ1) is 7.24. The van der Waals surface area contributed by atoms with Gasteiger partial charge >= 0.3 is 0 Å². The Kier molecular flexibility index (Phi) is 3.17. The second kappa shape index (κ2) is 4.41. The van der Waals surface area contributed by atoms with Crippen molar-refractivity contribution in [2.45, 2.75) is 18.2 Å². The molecule has 0 saturated carbocycles. The van der Waals surface area contributed by atoms with Gasteiger partial charge in [0.2, 0.25) is 0 Å². The predicted octanol–water partition coefficient (Wildman–Crippen LogP) is 2.47. The van der Waals surface area contributed by atoms with E-state index in [0.29, 0.717) is 17.1 Å². The summed E-state index contributed by atoms with van der Waals surface area (Å²) in [4.78, 5) is 0. The molecule has 1 atom stereocenters. The van der Waals surface area contributed by atoms with E-state index in [2.05, 4.69) is 0 Å². The number of nitrogens with two attached hydrogens (primary N) is 1. The minimum atomic E-state index is -0.250. The molecule has 82 valence electrons. The van der Waals surface area contributed by atoms with Gasteiger partial charge in [-0.2, -0.15) is 11.8 Å². The summed E-state index contributed by atoms with van der Waals surface area (Å²) in [5, 5.41) is 0. The van der Waals surface area contributed by atoms with E-state index in [1.165, 1.54) is 7.11 Å². The molecule has 0 radical (unpaired) electrons.